The molecule has 1 aliphatic carbocycles. The van der Waals surface area contributed by atoms with E-state index in [1.54, 1.807) is 24.4 Å². The molecular formula is C28H24I2N4O4. The van der Waals surface area contributed by atoms with Gasteiger partial charge in [0, 0.05) is 18.1 Å². The van der Waals surface area contributed by atoms with Crippen molar-refractivity contribution < 1.29 is 9.66 Å². The van der Waals surface area contributed by atoms with E-state index < -0.39 is 4.92 Å². The van der Waals surface area contributed by atoms with Gasteiger partial charge in [0.1, 0.15) is 18.2 Å². The molecule has 1 fully saturated rings. The van der Waals surface area contributed by atoms with Gasteiger partial charge < -0.3 is 4.74 Å². The molecule has 38 heavy (non-hydrogen) atoms. The van der Waals surface area contributed by atoms with Crippen LogP contribution in [0, 0.1) is 17.3 Å². The van der Waals surface area contributed by atoms with Gasteiger partial charge in [-0.1, -0.05) is 43.5 Å². The van der Waals surface area contributed by atoms with E-state index in [2.05, 4.69) is 50.3 Å². The van der Waals surface area contributed by atoms with Crippen LogP contribution in [-0.4, -0.2) is 20.8 Å². The molecule has 194 valence electrons. The summed E-state index contributed by atoms with van der Waals surface area (Å²) < 4.78 is 9.25. The van der Waals surface area contributed by atoms with Crippen molar-refractivity contribution in [3.63, 3.8) is 0 Å². The molecule has 8 nitrogen and oxygen atoms in total. The summed E-state index contributed by atoms with van der Waals surface area (Å²) >= 11 is 4.41. The topological polar surface area (TPSA) is 99.6 Å². The fraction of sp³-hybridized carbons (Fsp3) is 0.250. The summed E-state index contributed by atoms with van der Waals surface area (Å²) in [6, 6.07) is 17.7. The Morgan fingerprint density at radius 2 is 1.79 bits per heavy atom. The van der Waals surface area contributed by atoms with E-state index in [-0.39, 0.29) is 23.8 Å². The summed E-state index contributed by atoms with van der Waals surface area (Å²) in [5.41, 5.74) is 2.13. The van der Waals surface area contributed by atoms with Crippen LogP contribution >= 0.6 is 45.2 Å². The zero-order valence-corrected chi connectivity index (χ0v) is 24.7. The number of nitro groups is 1. The maximum Gasteiger partial charge on any atom is 0.282 e. The Morgan fingerprint density at radius 1 is 1.05 bits per heavy atom. The second kappa shape index (κ2) is 11.9. The third-order valence-electron chi connectivity index (χ3n) is 6.60. The van der Waals surface area contributed by atoms with Gasteiger partial charge in [0.05, 0.1) is 29.2 Å². The van der Waals surface area contributed by atoms with Crippen molar-refractivity contribution in [2.45, 2.75) is 44.6 Å². The van der Waals surface area contributed by atoms with E-state index in [9.17, 15) is 14.9 Å². The molecule has 10 heteroatoms. The quantitative estimate of drug-likeness (QED) is 0.0880. The molecule has 1 heterocycles. The molecule has 0 bridgehead atoms. The lowest BCUT2D eigenvalue weighted by molar-refractivity contribution is -0.384. The van der Waals surface area contributed by atoms with Crippen molar-refractivity contribution >= 4 is 68.0 Å². The van der Waals surface area contributed by atoms with Crippen LogP contribution in [0.4, 0.5) is 5.69 Å². The number of rotatable bonds is 7. The van der Waals surface area contributed by atoms with E-state index in [1.165, 1.54) is 23.2 Å². The molecule has 0 spiro atoms. The van der Waals surface area contributed by atoms with Gasteiger partial charge in [0.15, 0.2) is 0 Å². The Hall–Kier alpha value is -2.87. The Morgan fingerprint density at radius 3 is 2.53 bits per heavy atom. The zero-order chi connectivity index (χ0) is 26.6. The number of benzene rings is 3. The predicted molar refractivity (Wildman–Crippen MR) is 164 cm³/mol. The van der Waals surface area contributed by atoms with Crippen LogP contribution in [0.5, 0.6) is 5.75 Å². The largest absolute Gasteiger partial charge is 0.487 e. The fourth-order valence-electron chi connectivity index (χ4n) is 4.71. The first-order chi connectivity index (χ1) is 18.4. The number of non-ortho nitro benzene ring substituents is 1. The summed E-state index contributed by atoms with van der Waals surface area (Å²) in [7, 11) is 0. The molecule has 1 aliphatic rings. The van der Waals surface area contributed by atoms with Crippen LogP contribution in [0.25, 0.3) is 10.9 Å². The molecule has 0 amide bonds. The maximum atomic E-state index is 13.4. The Bertz CT molecular complexity index is 1570. The molecule has 1 saturated carbocycles. The monoisotopic (exact) mass is 734 g/mol. The summed E-state index contributed by atoms with van der Waals surface area (Å²) in [5, 5.41) is 16.3. The molecule has 0 saturated heterocycles. The number of nitrogens with zero attached hydrogens (tertiary/aromatic N) is 4. The van der Waals surface area contributed by atoms with Crippen LogP contribution in [0.1, 0.15) is 55.0 Å². The van der Waals surface area contributed by atoms with Crippen LogP contribution < -0.4 is 10.3 Å². The van der Waals surface area contributed by atoms with Crippen molar-refractivity contribution in [2.24, 2.45) is 5.10 Å². The first kappa shape index (κ1) is 26.7. The highest BCUT2D eigenvalue weighted by Crippen LogP contribution is 2.32. The summed E-state index contributed by atoms with van der Waals surface area (Å²) in [5.74, 6) is 1.64. The van der Waals surface area contributed by atoms with Gasteiger partial charge in [0.2, 0.25) is 0 Å². The van der Waals surface area contributed by atoms with Gasteiger partial charge in [-0.2, -0.15) is 9.78 Å². The van der Waals surface area contributed by atoms with Gasteiger partial charge in [-0.15, -0.1) is 0 Å². The molecule has 0 unspecified atom stereocenters. The lowest BCUT2D eigenvalue weighted by Gasteiger charge is -2.22. The highest BCUT2D eigenvalue weighted by Gasteiger charge is 2.22. The smallest absolute Gasteiger partial charge is 0.282 e. The predicted octanol–water partition coefficient (Wildman–Crippen LogP) is 7.02. The molecule has 0 atom stereocenters. The van der Waals surface area contributed by atoms with Crippen molar-refractivity contribution in [2.75, 3.05) is 0 Å². The van der Waals surface area contributed by atoms with Crippen molar-refractivity contribution in [1.82, 2.24) is 9.66 Å². The lowest BCUT2D eigenvalue weighted by Crippen LogP contribution is -2.25. The fourth-order valence-corrected chi connectivity index (χ4v) is 6.84. The summed E-state index contributed by atoms with van der Waals surface area (Å²) in [6.45, 7) is 0.212. The lowest BCUT2D eigenvalue weighted by atomic mass is 9.88. The van der Waals surface area contributed by atoms with Gasteiger partial charge in [-0.3, -0.25) is 14.9 Å². The normalized spacial score (nSPS) is 14.3. The van der Waals surface area contributed by atoms with E-state index in [1.807, 2.05) is 30.3 Å². The third-order valence-corrected chi connectivity index (χ3v) is 8.20. The number of hydrogen-bond donors (Lipinski definition) is 0. The van der Waals surface area contributed by atoms with Gasteiger partial charge >= 0.3 is 0 Å². The standard InChI is InChI=1S/C28H24I2N4O4/c29-23-14-19(15-24(30)26(23)38-17-18-7-6-10-21(13-18)34(36)37)16-31-33-27(20-8-2-1-3-9-20)32-25-12-5-4-11-22(25)28(33)35/h4-7,10-16,20H,1-3,8-9,17H2. The van der Waals surface area contributed by atoms with Gasteiger partial charge in [0.25, 0.3) is 11.2 Å². The minimum atomic E-state index is -0.415. The number of para-hydroxylation sites is 1. The third kappa shape index (κ3) is 5.90. The van der Waals surface area contributed by atoms with E-state index in [0.29, 0.717) is 16.7 Å². The van der Waals surface area contributed by atoms with Crippen molar-refractivity contribution in [1.29, 1.82) is 0 Å². The zero-order valence-electron chi connectivity index (χ0n) is 20.3. The van der Waals surface area contributed by atoms with E-state index in [0.717, 1.165) is 49.8 Å². The minimum absolute atomic E-state index is 0.0353. The first-order valence-corrected chi connectivity index (χ1v) is 14.5. The molecule has 0 aliphatic heterocycles. The first-order valence-electron chi connectivity index (χ1n) is 12.3. The van der Waals surface area contributed by atoms with Crippen molar-refractivity contribution in [3.05, 3.63) is 105 Å². The number of ether oxygens (including phenoxy) is 1. The molecule has 0 N–H and O–H groups in total. The number of hydrogen-bond acceptors (Lipinski definition) is 6. The van der Waals surface area contributed by atoms with Crippen LogP contribution in [0.2, 0.25) is 0 Å². The maximum absolute atomic E-state index is 13.4. The second-order valence-electron chi connectivity index (χ2n) is 9.21. The van der Waals surface area contributed by atoms with E-state index in [4.69, 9.17) is 9.72 Å². The van der Waals surface area contributed by atoms with Crippen LogP contribution in [0.3, 0.4) is 0 Å². The Labute approximate surface area is 246 Å². The van der Waals surface area contributed by atoms with E-state index >= 15 is 0 Å². The Balaban J connectivity index is 1.43. The summed E-state index contributed by atoms with van der Waals surface area (Å²) in [4.78, 5) is 28.9. The molecule has 4 aromatic rings. The highest BCUT2D eigenvalue weighted by molar-refractivity contribution is 14.1. The molecular weight excluding hydrogens is 710 g/mol. The Kier molecular flexibility index (Phi) is 8.36. The number of halogens is 2. The number of aromatic nitrogens is 2. The summed E-state index contributed by atoms with van der Waals surface area (Å²) in [6.07, 6.45) is 7.18. The highest BCUT2D eigenvalue weighted by atomic mass is 127. The molecule has 1 aromatic heterocycles. The number of nitro benzene ring substituents is 1. The molecule has 3 aromatic carbocycles. The van der Waals surface area contributed by atoms with Crippen LogP contribution in [0.15, 0.2) is 70.6 Å². The second-order valence-corrected chi connectivity index (χ2v) is 11.5. The minimum Gasteiger partial charge on any atom is -0.487 e. The molecule has 5 rings (SSSR count). The van der Waals surface area contributed by atoms with Gasteiger partial charge in [-0.25, -0.2) is 4.98 Å². The van der Waals surface area contributed by atoms with Crippen LogP contribution in [-0.2, 0) is 6.61 Å². The van der Waals surface area contributed by atoms with Gasteiger partial charge in [-0.05, 0) is 93.4 Å². The average Bonchev–Trinajstić information content (AvgIpc) is 2.92. The molecule has 0 radical (unpaired) electrons. The average molecular weight is 734 g/mol. The SMILES string of the molecule is O=c1c2ccccc2nc(C2CCCCC2)n1N=Cc1cc(I)c(OCc2cccc([N+](=O)[O-])c2)c(I)c1. The number of fused-ring (bicyclic) bond motifs is 1. The van der Waals surface area contributed by atoms with Crippen molar-refractivity contribution in [3.8, 4) is 5.75 Å².